The maximum atomic E-state index is 9.19. The smallest absolute Gasteiger partial charge is 0.216 e. The van der Waals surface area contributed by atoms with Crippen LogP contribution in [0, 0.1) is 0 Å². The number of hydrogen-bond donors (Lipinski definition) is 4. The van der Waals surface area contributed by atoms with Crippen LogP contribution in [0.1, 0.15) is 26.7 Å². The summed E-state index contributed by atoms with van der Waals surface area (Å²) in [5, 5.41) is 16.4. The van der Waals surface area contributed by atoms with Crippen molar-refractivity contribution in [1.29, 1.82) is 0 Å². The minimum Gasteiger partial charge on any atom is -0.216 e. The number of nitrogens with two attached hydrogens (primary N) is 4. The van der Waals surface area contributed by atoms with E-state index >= 15 is 0 Å². The van der Waals surface area contributed by atoms with E-state index in [9.17, 15) is 16.8 Å². The van der Waals surface area contributed by atoms with Crippen LogP contribution < -0.4 is 20.6 Å². The minimum atomic E-state index is -3.67. The van der Waals surface area contributed by atoms with E-state index in [-0.39, 0.29) is 0 Å². The van der Waals surface area contributed by atoms with Gasteiger partial charge in [-0.25, -0.2) is 20.6 Å². The summed E-state index contributed by atoms with van der Waals surface area (Å²) in [7, 11) is -7.33. The van der Waals surface area contributed by atoms with Gasteiger partial charge in [-0.3, -0.25) is 0 Å². The highest BCUT2D eigenvalue weighted by atomic mass is 32.2. The van der Waals surface area contributed by atoms with Crippen molar-refractivity contribution in [2.75, 3.05) is 0 Å². The van der Waals surface area contributed by atoms with Crippen LogP contribution in [-0.2, 0) is 20.4 Å². The Labute approximate surface area is 85.0 Å². The van der Waals surface area contributed by atoms with Crippen LogP contribution in [0.5, 0.6) is 0 Å². The molecule has 0 aliphatic carbocycles. The molecule has 0 aromatic carbocycles. The molecule has 0 unspecified atom stereocenters. The first-order chi connectivity index (χ1) is 5.91. The third kappa shape index (κ3) is 2470. The molecular weight excluding hydrogens is 232 g/mol. The molecule has 0 aliphatic rings. The Morgan fingerprint density at radius 2 is 0.786 bits per heavy atom. The van der Waals surface area contributed by atoms with Crippen molar-refractivity contribution in [2.45, 2.75) is 26.7 Å². The van der Waals surface area contributed by atoms with Gasteiger partial charge in [0, 0.05) is 0 Å². The van der Waals surface area contributed by atoms with E-state index in [2.05, 4.69) is 34.4 Å². The fraction of sp³-hybridized carbons (Fsp3) is 1.00. The highest BCUT2D eigenvalue weighted by Crippen LogP contribution is 1.76. The van der Waals surface area contributed by atoms with Gasteiger partial charge in [-0.15, -0.1) is 0 Å². The first-order valence-electron chi connectivity index (χ1n) is 3.52. The quantitative estimate of drug-likeness (QED) is 0.426. The van der Waals surface area contributed by atoms with E-state index in [1.54, 1.807) is 0 Å². The summed E-state index contributed by atoms with van der Waals surface area (Å²) < 4.78 is 36.8. The van der Waals surface area contributed by atoms with Crippen molar-refractivity contribution < 1.29 is 16.8 Å². The maximum Gasteiger partial charge on any atom is 0.271 e. The Hall–Kier alpha value is -0.260. The van der Waals surface area contributed by atoms with Gasteiger partial charge in [0.2, 0.25) is 0 Å². The monoisotopic (exact) mass is 250 g/mol. The molecule has 0 radical (unpaired) electrons. The molecule has 0 atom stereocenters. The molecule has 0 fully saturated rings. The Balaban J connectivity index is -0.000000131. The second-order valence-corrected chi connectivity index (χ2v) is 4.53. The predicted octanol–water partition coefficient (Wildman–Crippen LogP) is -1.90. The molecule has 0 heterocycles. The molecular formula is C4H18N4O4S2. The largest absolute Gasteiger partial charge is 0.271 e. The van der Waals surface area contributed by atoms with E-state index in [1.807, 2.05) is 0 Å². The fourth-order valence-corrected chi connectivity index (χ4v) is 0. The topological polar surface area (TPSA) is 172 Å². The average molecular weight is 250 g/mol. The van der Waals surface area contributed by atoms with Crippen LogP contribution in [0.25, 0.3) is 0 Å². The Bertz CT molecular complexity index is 247. The molecule has 0 bridgehead atoms. The lowest BCUT2D eigenvalue weighted by molar-refractivity contribution is 0.597. The molecule has 0 amide bonds. The van der Waals surface area contributed by atoms with Crippen molar-refractivity contribution in [3.63, 3.8) is 0 Å². The van der Waals surface area contributed by atoms with Crippen molar-refractivity contribution in [3.05, 3.63) is 0 Å². The summed E-state index contributed by atoms with van der Waals surface area (Å²) in [5.74, 6) is 0. The summed E-state index contributed by atoms with van der Waals surface area (Å²) in [6, 6.07) is 0. The van der Waals surface area contributed by atoms with Gasteiger partial charge in [0.25, 0.3) is 20.4 Å². The zero-order valence-electron chi connectivity index (χ0n) is 8.17. The highest BCUT2D eigenvalue weighted by Gasteiger charge is 1.79. The molecule has 0 spiro atoms. The minimum absolute atomic E-state index is 1.32. The molecule has 10 heteroatoms. The van der Waals surface area contributed by atoms with Crippen molar-refractivity contribution in [2.24, 2.45) is 20.6 Å². The van der Waals surface area contributed by atoms with E-state index in [4.69, 9.17) is 0 Å². The Morgan fingerprint density at radius 1 is 0.714 bits per heavy atom. The number of hydrogen-bond acceptors (Lipinski definition) is 4. The summed E-state index contributed by atoms with van der Waals surface area (Å²) >= 11 is 0. The van der Waals surface area contributed by atoms with Gasteiger partial charge in [0.15, 0.2) is 0 Å². The van der Waals surface area contributed by atoms with Gasteiger partial charge in [-0.2, -0.15) is 16.8 Å². The van der Waals surface area contributed by atoms with Crippen LogP contribution in [-0.4, -0.2) is 16.8 Å². The van der Waals surface area contributed by atoms with Crippen LogP contribution in [0.2, 0.25) is 0 Å². The molecule has 0 aliphatic heterocycles. The van der Waals surface area contributed by atoms with Crippen molar-refractivity contribution in [3.8, 4) is 0 Å². The van der Waals surface area contributed by atoms with Gasteiger partial charge < -0.3 is 0 Å². The summed E-state index contributed by atoms with van der Waals surface area (Å²) in [4.78, 5) is 0. The van der Waals surface area contributed by atoms with Gasteiger partial charge in [0.1, 0.15) is 0 Å². The van der Waals surface area contributed by atoms with Gasteiger partial charge in [0.05, 0.1) is 0 Å². The molecule has 8 nitrogen and oxygen atoms in total. The van der Waals surface area contributed by atoms with E-state index in [0.717, 1.165) is 0 Å². The van der Waals surface area contributed by atoms with E-state index in [1.165, 1.54) is 12.8 Å². The molecule has 14 heavy (non-hydrogen) atoms. The summed E-state index contributed by atoms with van der Waals surface area (Å²) in [6.45, 7) is 4.36. The zero-order valence-corrected chi connectivity index (χ0v) is 9.81. The van der Waals surface area contributed by atoms with Gasteiger partial charge in [-0.05, 0) is 0 Å². The molecule has 90 valence electrons. The zero-order chi connectivity index (χ0) is 12.4. The second kappa shape index (κ2) is 9.30. The molecule has 8 N–H and O–H groups in total. The van der Waals surface area contributed by atoms with Crippen LogP contribution in [0.4, 0.5) is 0 Å². The van der Waals surface area contributed by atoms with E-state index in [0.29, 0.717) is 0 Å². The van der Waals surface area contributed by atoms with Crippen LogP contribution >= 0.6 is 0 Å². The molecule has 0 saturated heterocycles. The average Bonchev–Trinajstić information content (AvgIpc) is 1.79. The summed E-state index contributed by atoms with van der Waals surface area (Å²) in [6.07, 6.45) is 2.64. The molecule has 0 rings (SSSR count). The molecule has 0 saturated carbocycles. The molecule has 0 aromatic rings. The standard InChI is InChI=1S/C4H10.2H4N2O2S/c1-3-4-2;2*1-5(2,3)4/h3-4H2,1-2H3;2*(H4,1,2,3,4). The van der Waals surface area contributed by atoms with Crippen molar-refractivity contribution in [1.82, 2.24) is 0 Å². The number of rotatable bonds is 1. The van der Waals surface area contributed by atoms with Gasteiger partial charge in [-0.1, -0.05) is 26.7 Å². The lowest BCUT2D eigenvalue weighted by Crippen LogP contribution is -2.21. The maximum absolute atomic E-state index is 9.19. The Kier molecular flexibility index (Phi) is 12.8. The lowest BCUT2D eigenvalue weighted by atomic mass is 10.4. The summed E-state index contributed by atoms with van der Waals surface area (Å²) in [5.41, 5.74) is 0. The number of unbranched alkanes of at least 4 members (excludes halogenated alkanes) is 1. The SMILES string of the molecule is CCCC.NS(N)(=O)=O.NS(N)(=O)=O. The lowest BCUT2D eigenvalue weighted by Gasteiger charge is -1.72. The second-order valence-electron chi connectivity index (χ2n) is 2.18. The normalized spacial score (nSPS) is 10.4. The van der Waals surface area contributed by atoms with Crippen molar-refractivity contribution >= 4 is 20.4 Å². The first-order valence-corrected chi connectivity index (χ1v) is 6.74. The predicted molar refractivity (Wildman–Crippen MR) is 55.2 cm³/mol. The molecule has 0 aromatic heterocycles. The highest BCUT2D eigenvalue weighted by molar-refractivity contribution is 7.87. The Morgan fingerprint density at radius 3 is 0.786 bits per heavy atom. The third-order valence-corrected chi connectivity index (χ3v) is 0.500. The van der Waals surface area contributed by atoms with Crippen LogP contribution in [0.3, 0.4) is 0 Å². The fourth-order valence-electron chi connectivity index (χ4n) is 0. The van der Waals surface area contributed by atoms with Gasteiger partial charge >= 0.3 is 0 Å². The van der Waals surface area contributed by atoms with E-state index < -0.39 is 20.4 Å². The first kappa shape index (κ1) is 19.3. The third-order valence-electron chi connectivity index (χ3n) is 0.500. The van der Waals surface area contributed by atoms with Crippen LogP contribution in [0.15, 0.2) is 0 Å².